The Kier molecular flexibility index (Phi) is 55.7. The molecule has 0 N–H and O–H groups in total. The maximum atomic E-state index is 12.8. The van der Waals surface area contributed by atoms with Crippen LogP contribution in [0.4, 0.5) is 0 Å². The monoisotopic (exact) mass is 957 g/mol. The minimum Gasteiger partial charge on any atom is -0.462 e. The van der Waals surface area contributed by atoms with Crippen molar-refractivity contribution in [3.05, 3.63) is 24.3 Å². The van der Waals surface area contributed by atoms with E-state index in [4.69, 9.17) is 14.2 Å². The number of ether oxygens (including phenoxy) is 3. The summed E-state index contributed by atoms with van der Waals surface area (Å²) in [7, 11) is 0. The van der Waals surface area contributed by atoms with E-state index in [-0.39, 0.29) is 31.1 Å². The first-order valence-electron chi connectivity index (χ1n) is 30.3. The normalized spacial score (nSPS) is 12.1. The summed E-state index contributed by atoms with van der Waals surface area (Å²) in [6.07, 6.45) is 67.8. The van der Waals surface area contributed by atoms with Crippen molar-refractivity contribution in [3.8, 4) is 0 Å². The zero-order valence-corrected chi connectivity index (χ0v) is 45.9. The van der Waals surface area contributed by atoms with Gasteiger partial charge in [-0.3, -0.25) is 14.4 Å². The third-order valence-electron chi connectivity index (χ3n) is 13.7. The van der Waals surface area contributed by atoms with E-state index < -0.39 is 6.10 Å². The van der Waals surface area contributed by atoms with Gasteiger partial charge in [0.2, 0.25) is 0 Å². The number of carbonyl (C=O) groups is 3. The molecule has 0 radical (unpaired) electrons. The lowest BCUT2D eigenvalue weighted by Gasteiger charge is -2.18. The summed E-state index contributed by atoms with van der Waals surface area (Å²) in [5, 5.41) is 0. The Balaban J connectivity index is 4.09. The molecule has 0 amide bonds. The van der Waals surface area contributed by atoms with E-state index in [1.54, 1.807) is 0 Å². The second-order valence-electron chi connectivity index (χ2n) is 20.6. The van der Waals surface area contributed by atoms with Crippen molar-refractivity contribution in [1.82, 2.24) is 0 Å². The average molecular weight is 958 g/mol. The van der Waals surface area contributed by atoms with E-state index in [0.717, 1.165) is 70.6 Å². The van der Waals surface area contributed by atoms with Gasteiger partial charge in [-0.15, -0.1) is 0 Å². The minimum absolute atomic E-state index is 0.0697. The van der Waals surface area contributed by atoms with Crippen molar-refractivity contribution in [2.45, 2.75) is 341 Å². The second-order valence-corrected chi connectivity index (χ2v) is 20.6. The fourth-order valence-electron chi connectivity index (χ4n) is 9.12. The number of hydrogen-bond acceptors (Lipinski definition) is 6. The fourth-order valence-corrected chi connectivity index (χ4v) is 9.12. The van der Waals surface area contributed by atoms with Gasteiger partial charge in [-0.05, 0) is 51.4 Å². The first-order chi connectivity index (χ1) is 33.5. The smallest absolute Gasteiger partial charge is 0.306 e. The van der Waals surface area contributed by atoms with Crippen LogP contribution in [0.25, 0.3) is 0 Å². The van der Waals surface area contributed by atoms with Crippen molar-refractivity contribution in [2.24, 2.45) is 0 Å². The van der Waals surface area contributed by atoms with Crippen LogP contribution >= 0.6 is 0 Å². The molecule has 0 heterocycles. The lowest BCUT2D eigenvalue weighted by molar-refractivity contribution is -0.167. The van der Waals surface area contributed by atoms with Gasteiger partial charge < -0.3 is 14.2 Å². The number of hydrogen-bond donors (Lipinski definition) is 0. The van der Waals surface area contributed by atoms with Gasteiger partial charge >= 0.3 is 17.9 Å². The molecule has 0 aliphatic heterocycles. The Labute approximate surface area is 423 Å². The molecular formula is C62H116O6. The SMILES string of the molecule is CCCCCC/C=C\C/C=C\CCCCCCCCCC(=O)OC(COC(=O)CCCCCCCCC)COC(=O)CCCCCCCCCCCCCCCCCCCCCCCCCCC. The van der Waals surface area contributed by atoms with Crippen molar-refractivity contribution in [3.63, 3.8) is 0 Å². The molecule has 0 aliphatic carbocycles. The summed E-state index contributed by atoms with van der Waals surface area (Å²) in [5.74, 6) is -0.864. The molecule has 0 aromatic carbocycles. The zero-order chi connectivity index (χ0) is 49.3. The summed E-state index contributed by atoms with van der Waals surface area (Å²) >= 11 is 0. The summed E-state index contributed by atoms with van der Waals surface area (Å²) in [5.41, 5.74) is 0. The van der Waals surface area contributed by atoms with E-state index in [2.05, 4.69) is 45.1 Å². The van der Waals surface area contributed by atoms with E-state index >= 15 is 0 Å². The lowest BCUT2D eigenvalue weighted by atomic mass is 10.0. The van der Waals surface area contributed by atoms with E-state index in [1.807, 2.05) is 0 Å². The standard InChI is InChI=1S/C62H116O6/c1-4-7-10-13-16-18-20-22-24-26-28-29-30-31-32-33-34-36-37-39-41-43-46-49-52-55-61(64)67-58-59(57-66-60(63)54-51-48-45-15-12-9-6-3)68-62(65)56-53-50-47-44-42-40-38-35-27-25-23-21-19-17-14-11-8-5-2/h19,21,25,27,59H,4-18,20,22-24,26,28-58H2,1-3H3/b21-19-,27-25-. The number of esters is 3. The van der Waals surface area contributed by atoms with Gasteiger partial charge in [-0.25, -0.2) is 0 Å². The Bertz CT molecular complexity index is 1100. The highest BCUT2D eigenvalue weighted by molar-refractivity contribution is 5.71. The molecule has 400 valence electrons. The van der Waals surface area contributed by atoms with Crippen LogP contribution in [0, 0.1) is 0 Å². The van der Waals surface area contributed by atoms with Gasteiger partial charge in [-0.2, -0.15) is 0 Å². The first-order valence-corrected chi connectivity index (χ1v) is 30.3. The first kappa shape index (κ1) is 65.9. The van der Waals surface area contributed by atoms with Gasteiger partial charge in [0.05, 0.1) is 0 Å². The van der Waals surface area contributed by atoms with Gasteiger partial charge in [0, 0.05) is 19.3 Å². The molecule has 0 spiro atoms. The molecule has 0 aromatic heterocycles. The number of allylic oxidation sites excluding steroid dienone is 4. The zero-order valence-electron chi connectivity index (χ0n) is 45.9. The van der Waals surface area contributed by atoms with Gasteiger partial charge in [-0.1, -0.05) is 289 Å². The summed E-state index contributed by atoms with van der Waals surface area (Å²) in [4.78, 5) is 38.0. The molecule has 68 heavy (non-hydrogen) atoms. The quantitative estimate of drug-likeness (QED) is 0.0262. The van der Waals surface area contributed by atoms with Crippen LogP contribution in [0.2, 0.25) is 0 Å². The second kappa shape index (κ2) is 57.5. The molecule has 0 saturated carbocycles. The molecule has 0 aliphatic rings. The van der Waals surface area contributed by atoms with Crippen molar-refractivity contribution >= 4 is 17.9 Å². The summed E-state index contributed by atoms with van der Waals surface area (Å²) < 4.78 is 16.8. The number of rotatable bonds is 56. The Morgan fingerprint density at radius 3 is 0.824 bits per heavy atom. The van der Waals surface area contributed by atoms with Crippen molar-refractivity contribution in [2.75, 3.05) is 13.2 Å². The average Bonchev–Trinajstić information content (AvgIpc) is 3.34. The highest BCUT2D eigenvalue weighted by atomic mass is 16.6. The summed E-state index contributed by atoms with van der Waals surface area (Å²) in [6, 6.07) is 0. The molecule has 0 bridgehead atoms. The molecule has 1 unspecified atom stereocenters. The van der Waals surface area contributed by atoms with Crippen LogP contribution in [0.15, 0.2) is 24.3 Å². The molecular weight excluding hydrogens is 841 g/mol. The van der Waals surface area contributed by atoms with Crippen LogP contribution in [0.5, 0.6) is 0 Å². The third kappa shape index (κ3) is 54.8. The van der Waals surface area contributed by atoms with E-state index in [0.29, 0.717) is 19.3 Å². The maximum absolute atomic E-state index is 12.8. The Morgan fingerprint density at radius 2 is 0.529 bits per heavy atom. The van der Waals surface area contributed by atoms with Crippen molar-refractivity contribution < 1.29 is 28.6 Å². The van der Waals surface area contributed by atoms with Gasteiger partial charge in [0.25, 0.3) is 0 Å². The number of unbranched alkanes of at least 4 members (excludes halogenated alkanes) is 41. The lowest BCUT2D eigenvalue weighted by Crippen LogP contribution is -2.30. The van der Waals surface area contributed by atoms with Crippen LogP contribution < -0.4 is 0 Å². The summed E-state index contributed by atoms with van der Waals surface area (Å²) in [6.45, 7) is 6.63. The molecule has 0 aromatic rings. The Morgan fingerprint density at radius 1 is 0.294 bits per heavy atom. The van der Waals surface area contributed by atoms with Crippen LogP contribution in [0.1, 0.15) is 335 Å². The molecule has 6 nitrogen and oxygen atoms in total. The topological polar surface area (TPSA) is 78.9 Å². The molecule has 0 saturated heterocycles. The van der Waals surface area contributed by atoms with Crippen LogP contribution in [-0.4, -0.2) is 37.2 Å². The van der Waals surface area contributed by atoms with Crippen LogP contribution in [-0.2, 0) is 28.6 Å². The van der Waals surface area contributed by atoms with Gasteiger partial charge in [0.15, 0.2) is 6.10 Å². The largest absolute Gasteiger partial charge is 0.462 e. The highest BCUT2D eigenvalue weighted by Gasteiger charge is 2.19. The molecule has 1 atom stereocenters. The number of carbonyl (C=O) groups excluding carboxylic acids is 3. The van der Waals surface area contributed by atoms with Crippen molar-refractivity contribution in [1.29, 1.82) is 0 Å². The van der Waals surface area contributed by atoms with Crippen LogP contribution in [0.3, 0.4) is 0 Å². The Hall–Kier alpha value is -2.11. The molecule has 0 rings (SSSR count). The van der Waals surface area contributed by atoms with E-state index in [9.17, 15) is 14.4 Å². The molecule has 0 fully saturated rings. The minimum atomic E-state index is -0.769. The highest BCUT2D eigenvalue weighted by Crippen LogP contribution is 2.17. The fraction of sp³-hybridized carbons (Fsp3) is 0.887. The van der Waals surface area contributed by atoms with Gasteiger partial charge in [0.1, 0.15) is 13.2 Å². The van der Waals surface area contributed by atoms with E-state index in [1.165, 1.54) is 225 Å². The maximum Gasteiger partial charge on any atom is 0.306 e. The third-order valence-corrected chi connectivity index (χ3v) is 13.7. The predicted molar refractivity (Wildman–Crippen MR) is 293 cm³/mol. The predicted octanol–water partition coefficient (Wildman–Crippen LogP) is 20.3. The molecule has 6 heteroatoms.